The highest BCUT2D eigenvalue weighted by Gasteiger charge is 2.33. The summed E-state index contributed by atoms with van der Waals surface area (Å²) in [5.74, 6) is 0.202. The molecule has 3 rings (SSSR count). The van der Waals surface area contributed by atoms with Crippen LogP contribution in [-0.2, 0) is 20.8 Å². The Morgan fingerprint density at radius 3 is 2.50 bits per heavy atom. The van der Waals surface area contributed by atoms with E-state index in [1.807, 2.05) is 32.0 Å². The number of carbonyl (C=O) groups is 3. The van der Waals surface area contributed by atoms with E-state index >= 15 is 0 Å². The summed E-state index contributed by atoms with van der Waals surface area (Å²) in [5, 5.41) is 3.31. The van der Waals surface area contributed by atoms with Gasteiger partial charge in [0.2, 0.25) is 0 Å². The molecule has 0 unspecified atom stereocenters. The molecule has 0 bridgehead atoms. The molecule has 0 fully saturated rings. The smallest absolute Gasteiger partial charge is 0.408 e. The Balaban J connectivity index is 1.91. The summed E-state index contributed by atoms with van der Waals surface area (Å²) in [6.07, 6.45) is -0.656. The number of fused-ring (bicyclic) bond motifs is 1. The molecule has 36 heavy (non-hydrogen) atoms. The van der Waals surface area contributed by atoms with Crippen molar-refractivity contribution in [2.24, 2.45) is 5.92 Å². The Labute approximate surface area is 221 Å². The highest BCUT2D eigenvalue weighted by molar-refractivity contribution is 7.99. The summed E-state index contributed by atoms with van der Waals surface area (Å²) in [6, 6.07) is 11.7. The molecule has 2 amide bonds. The van der Waals surface area contributed by atoms with Gasteiger partial charge in [0.05, 0.1) is 12.2 Å². The first-order valence-electron chi connectivity index (χ1n) is 11.9. The molecule has 2 aromatic rings. The first-order chi connectivity index (χ1) is 16.9. The maximum absolute atomic E-state index is 13.7. The number of hydrogen-bond acceptors (Lipinski definition) is 6. The van der Waals surface area contributed by atoms with Gasteiger partial charge in [0.1, 0.15) is 18.2 Å². The number of Topliss-reactive ketones (excluding diaryl/α,β-unsaturated/α-hetero) is 1. The van der Waals surface area contributed by atoms with Gasteiger partial charge >= 0.3 is 6.09 Å². The molecule has 7 nitrogen and oxygen atoms in total. The van der Waals surface area contributed by atoms with Crippen molar-refractivity contribution in [3.8, 4) is 0 Å². The number of ether oxygens (including phenoxy) is 2. The molecule has 0 saturated heterocycles. The van der Waals surface area contributed by atoms with Crippen LogP contribution in [0.1, 0.15) is 50.5 Å². The Morgan fingerprint density at radius 1 is 1.17 bits per heavy atom. The summed E-state index contributed by atoms with van der Waals surface area (Å²) in [6.45, 7) is 10.0. The van der Waals surface area contributed by atoms with Crippen LogP contribution in [0.4, 0.5) is 10.5 Å². The number of amides is 2. The third-order valence-corrected chi connectivity index (χ3v) is 6.58. The molecule has 1 heterocycles. The largest absolute Gasteiger partial charge is 0.444 e. The molecular weight excluding hydrogens is 500 g/mol. The lowest BCUT2D eigenvalue weighted by atomic mass is 10.1. The molecule has 2 aromatic carbocycles. The van der Waals surface area contributed by atoms with Crippen LogP contribution in [0.2, 0.25) is 5.02 Å². The Kier molecular flexibility index (Phi) is 9.44. The molecule has 1 N–H and O–H groups in total. The van der Waals surface area contributed by atoms with Crippen LogP contribution in [0.25, 0.3) is 0 Å². The van der Waals surface area contributed by atoms with Crippen molar-refractivity contribution in [2.45, 2.75) is 57.7 Å². The average Bonchev–Trinajstić information content (AvgIpc) is 2.91. The van der Waals surface area contributed by atoms with Crippen molar-refractivity contribution in [3.05, 3.63) is 58.6 Å². The van der Waals surface area contributed by atoms with Crippen LogP contribution >= 0.6 is 23.4 Å². The number of halogens is 1. The van der Waals surface area contributed by atoms with Gasteiger partial charge in [-0.2, -0.15) is 0 Å². The van der Waals surface area contributed by atoms with E-state index in [9.17, 15) is 14.4 Å². The Bertz CT molecular complexity index is 1100. The predicted octanol–water partition coefficient (Wildman–Crippen LogP) is 5.73. The fraction of sp³-hybridized carbons (Fsp3) is 0.444. The minimum Gasteiger partial charge on any atom is -0.444 e. The number of rotatable bonds is 8. The second kappa shape index (κ2) is 12.1. The van der Waals surface area contributed by atoms with E-state index in [-0.39, 0.29) is 24.8 Å². The summed E-state index contributed by atoms with van der Waals surface area (Å²) < 4.78 is 10.9. The molecule has 0 saturated carbocycles. The van der Waals surface area contributed by atoms with Gasteiger partial charge in [0.25, 0.3) is 5.91 Å². The zero-order chi connectivity index (χ0) is 26.5. The number of thioether (sulfide) groups is 1. The average molecular weight is 533 g/mol. The molecular formula is C27H33ClN2O5S. The first kappa shape index (κ1) is 28.0. The van der Waals surface area contributed by atoms with Gasteiger partial charge in [-0.3, -0.25) is 9.59 Å². The lowest BCUT2D eigenvalue weighted by Crippen LogP contribution is -2.50. The van der Waals surface area contributed by atoms with Gasteiger partial charge in [0, 0.05) is 27.8 Å². The van der Waals surface area contributed by atoms with E-state index < -0.39 is 17.7 Å². The van der Waals surface area contributed by atoms with Crippen LogP contribution in [0, 0.1) is 5.92 Å². The van der Waals surface area contributed by atoms with E-state index in [4.69, 9.17) is 21.1 Å². The number of alkyl carbamates (subject to hydrolysis) is 1. The molecule has 0 spiro atoms. The standard InChI is InChI=1S/C27H33ClN2O5S/c1-17(2)14-34-15-23(31)19-8-11-24-22(12-19)30(13-18-6-9-20(28)10-7-18)25(32)21(16-36-24)29-26(33)35-27(3,4)5/h6-12,17,21H,13-16H2,1-5H3,(H,29,33)/t21-/m0/s1. The number of nitrogens with one attached hydrogen (secondary N) is 1. The number of carbonyl (C=O) groups excluding carboxylic acids is 3. The van der Waals surface area contributed by atoms with Crippen molar-refractivity contribution < 1.29 is 23.9 Å². The fourth-order valence-corrected chi connectivity index (χ4v) is 4.71. The normalized spacial score (nSPS) is 15.9. The molecule has 1 atom stereocenters. The van der Waals surface area contributed by atoms with E-state index in [0.717, 1.165) is 10.5 Å². The topological polar surface area (TPSA) is 84.9 Å². The summed E-state index contributed by atoms with van der Waals surface area (Å²) in [5.41, 5.74) is 1.25. The van der Waals surface area contributed by atoms with E-state index in [0.29, 0.717) is 34.6 Å². The zero-order valence-electron chi connectivity index (χ0n) is 21.3. The fourth-order valence-electron chi connectivity index (χ4n) is 3.53. The van der Waals surface area contributed by atoms with Gasteiger partial charge in [-0.15, -0.1) is 11.8 Å². The van der Waals surface area contributed by atoms with Crippen LogP contribution in [0.3, 0.4) is 0 Å². The van der Waals surface area contributed by atoms with Gasteiger partial charge in [-0.25, -0.2) is 4.79 Å². The predicted molar refractivity (Wildman–Crippen MR) is 143 cm³/mol. The Morgan fingerprint density at radius 2 is 1.86 bits per heavy atom. The summed E-state index contributed by atoms with van der Waals surface area (Å²) in [4.78, 5) is 41.4. The van der Waals surface area contributed by atoms with Crippen LogP contribution < -0.4 is 10.2 Å². The van der Waals surface area contributed by atoms with Gasteiger partial charge in [-0.05, 0) is 56.5 Å². The van der Waals surface area contributed by atoms with Crippen molar-refractivity contribution in [2.75, 3.05) is 23.9 Å². The molecule has 1 aliphatic heterocycles. The van der Waals surface area contributed by atoms with Gasteiger partial charge in [-0.1, -0.05) is 43.6 Å². The number of anilines is 1. The van der Waals surface area contributed by atoms with Crippen molar-refractivity contribution in [3.63, 3.8) is 0 Å². The molecule has 0 aliphatic carbocycles. The zero-order valence-corrected chi connectivity index (χ0v) is 22.9. The second-order valence-electron chi connectivity index (χ2n) is 10.1. The monoisotopic (exact) mass is 532 g/mol. The van der Waals surface area contributed by atoms with E-state index in [1.165, 1.54) is 11.8 Å². The van der Waals surface area contributed by atoms with Gasteiger partial charge in [0.15, 0.2) is 5.78 Å². The minimum atomic E-state index is -0.807. The number of benzene rings is 2. The minimum absolute atomic E-state index is 0.0297. The third-order valence-electron chi connectivity index (χ3n) is 5.17. The molecule has 0 radical (unpaired) electrons. The number of ketones is 1. The van der Waals surface area contributed by atoms with Crippen LogP contribution in [0.15, 0.2) is 47.4 Å². The van der Waals surface area contributed by atoms with Crippen molar-refractivity contribution in [1.82, 2.24) is 5.32 Å². The van der Waals surface area contributed by atoms with Gasteiger partial charge < -0.3 is 19.7 Å². The summed E-state index contributed by atoms with van der Waals surface area (Å²) >= 11 is 7.49. The number of nitrogens with zero attached hydrogens (tertiary/aromatic N) is 1. The summed E-state index contributed by atoms with van der Waals surface area (Å²) in [7, 11) is 0. The maximum atomic E-state index is 13.7. The molecule has 1 aliphatic rings. The second-order valence-corrected chi connectivity index (χ2v) is 11.6. The van der Waals surface area contributed by atoms with E-state index in [1.54, 1.807) is 49.9 Å². The van der Waals surface area contributed by atoms with Crippen molar-refractivity contribution in [1.29, 1.82) is 0 Å². The first-order valence-corrected chi connectivity index (χ1v) is 13.2. The maximum Gasteiger partial charge on any atom is 0.408 e. The quantitative estimate of drug-likeness (QED) is 0.437. The molecule has 9 heteroatoms. The molecule has 0 aromatic heterocycles. The van der Waals surface area contributed by atoms with Crippen LogP contribution in [0.5, 0.6) is 0 Å². The highest BCUT2D eigenvalue weighted by Crippen LogP contribution is 2.36. The number of hydrogen-bond donors (Lipinski definition) is 1. The third kappa shape index (κ3) is 7.98. The lowest BCUT2D eigenvalue weighted by molar-refractivity contribution is -0.120. The van der Waals surface area contributed by atoms with E-state index in [2.05, 4.69) is 5.32 Å². The lowest BCUT2D eigenvalue weighted by Gasteiger charge is -2.27. The van der Waals surface area contributed by atoms with Crippen LogP contribution in [-0.4, -0.2) is 48.4 Å². The highest BCUT2D eigenvalue weighted by atomic mass is 35.5. The Hall–Kier alpha value is -2.55. The molecule has 194 valence electrons. The van der Waals surface area contributed by atoms with Crippen molar-refractivity contribution >= 4 is 46.8 Å². The SMILES string of the molecule is CC(C)COCC(=O)c1ccc2c(c1)N(Cc1ccc(Cl)cc1)C(=O)[C@@H](NC(=O)OC(C)(C)C)CS2.